The fraction of sp³-hybridized carbons (Fsp3) is 0.167. The van der Waals surface area contributed by atoms with Crippen LogP contribution in [0.3, 0.4) is 0 Å². The van der Waals surface area contributed by atoms with E-state index in [4.69, 9.17) is 11.8 Å². The Hall–Kier alpha value is -2.06. The van der Waals surface area contributed by atoms with Crippen molar-refractivity contribution in [3.63, 3.8) is 0 Å². The summed E-state index contributed by atoms with van der Waals surface area (Å²) in [4.78, 5) is 3.18. The first-order valence-electron chi connectivity index (χ1n) is 4.27. The van der Waals surface area contributed by atoms with Crippen LogP contribution in [0.25, 0.3) is 10.9 Å². The van der Waals surface area contributed by atoms with E-state index in [0.29, 0.717) is 5.57 Å². The number of aryl methyl sites for hydroxylation is 1. The van der Waals surface area contributed by atoms with Gasteiger partial charge in [-0.2, -0.15) is 5.26 Å². The van der Waals surface area contributed by atoms with Crippen LogP contribution in [0.4, 0.5) is 0 Å². The van der Waals surface area contributed by atoms with Crippen molar-refractivity contribution in [2.24, 2.45) is 0 Å². The average molecular weight is 182 g/mol. The maximum Gasteiger partial charge on any atom is 0.249 e. The smallest absolute Gasteiger partial charge is 0.249 e. The molecule has 0 unspecified atom stereocenters. The van der Waals surface area contributed by atoms with Crippen LogP contribution in [-0.2, 0) is 0 Å². The summed E-state index contributed by atoms with van der Waals surface area (Å²) >= 11 is 0. The quantitative estimate of drug-likeness (QED) is 0.510. The summed E-state index contributed by atoms with van der Waals surface area (Å²) in [5, 5.41) is 8.71. The molecular weight excluding hydrogens is 172 g/mol. The lowest BCUT2D eigenvalue weighted by Gasteiger charge is -1.94. The fourth-order valence-corrected chi connectivity index (χ4v) is 1.06. The third kappa shape index (κ3) is 2.77. The summed E-state index contributed by atoms with van der Waals surface area (Å²) in [6.45, 7) is 8.84. The van der Waals surface area contributed by atoms with E-state index < -0.39 is 0 Å². The van der Waals surface area contributed by atoms with Gasteiger partial charge in [0.05, 0.1) is 0 Å². The summed E-state index contributed by atoms with van der Waals surface area (Å²) < 4.78 is 0. The molecule has 68 valence electrons. The highest BCUT2D eigenvalue weighted by Crippen LogP contribution is 2.08. The summed E-state index contributed by atoms with van der Waals surface area (Å²) in [6.07, 6.45) is 1.75. The van der Waals surface area contributed by atoms with Crippen molar-refractivity contribution in [1.82, 2.24) is 0 Å². The van der Waals surface area contributed by atoms with E-state index in [1.165, 1.54) is 5.56 Å². The van der Waals surface area contributed by atoms with Crippen LogP contribution in [0.15, 0.2) is 29.8 Å². The Labute approximate surface area is 83.9 Å². The largest absolute Gasteiger partial charge is 0.311 e. The second kappa shape index (κ2) is 4.84. The van der Waals surface area contributed by atoms with E-state index in [-0.39, 0.29) is 6.54 Å². The van der Waals surface area contributed by atoms with Gasteiger partial charge in [-0.25, -0.2) is 6.57 Å². The van der Waals surface area contributed by atoms with Crippen molar-refractivity contribution in [3.8, 4) is 6.07 Å². The number of nitriles is 1. The SMILES string of the molecule is [C-]#[N+]C/C(C#N)=C/c1ccc(C)cc1. The molecule has 1 aromatic rings. The van der Waals surface area contributed by atoms with Gasteiger partial charge in [0.15, 0.2) is 0 Å². The lowest BCUT2D eigenvalue weighted by Crippen LogP contribution is -1.82. The molecule has 0 atom stereocenters. The van der Waals surface area contributed by atoms with Gasteiger partial charge in [-0.15, -0.1) is 0 Å². The molecule has 0 fully saturated rings. The average Bonchev–Trinajstić information content (AvgIpc) is 2.20. The first kappa shape index (κ1) is 10.0. The number of nitrogens with zero attached hydrogens (tertiary/aromatic N) is 2. The fourth-order valence-electron chi connectivity index (χ4n) is 1.06. The van der Waals surface area contributed by atoms with Crippen molar-refractivity contribution in [2.75, 3.05) is 6.54 Å². The zero-order valence-electron chi connectivity index (χ0n) is 7.99. The van der Waals surface area contributed by atoms with Crippen LogP contribution in [-0.4, -0.2) is 6.54 Å². The Kier molecular flexibility index (Phi) is 3.47. The molecule has 0 heterocycles. The van der Waals surface area contributed by atoms with E-state index in [9.17, 15) is 0 Å². The first-order valence-corrected chi connectivity index (χ1v) is 4.27. The van der Waals surface area contributed by atoms with E-state index >= 15 is 0 Å². The predicted molar refractivity (Wildman–Crippen MR) is 56.2 cm³/mol. The van der Waals surface area contributed by atoms with E-state index in [0.717, 1.165) is 5.56 Å². The summed E-state index contributed by atoms with van der Waals surface area (Å²) in [5.41, 5.74) is 2.66. The first-order chi connectivity index (χ1) is 6.76. The van der Waals surface area contributed by atoms with Crippen LogP contribution in [0, 0.1) is 24.8 Å². The molecule has 14 heavy (non-hydrogen) atoms. The van der Waals surface area contributed by atoms with Crippen LogP contribution in [0.2, 0.25) is 0 Å². The summed E-state index contributed by atoms with van der Waals surface area (Å²) in [7, 11) is 0. The second-order valence-corrected chi connectivity index (χ2v) is 3.01. The lowest BCUT2D eigenvalue weighted by atomic mass is 10.1. The number of hydrogen-bond acceptors (Lipinski definition) is 1. The van der Waals surface area contributed by atoms with Crippen LogP contribution in [0.5, 0.6) is 0 Å². The zero-order valence-corrected chi connectivity index (χ0v) is 7.99. The Morgan fingerprint density at radius 2 is 2.14 bits per heavy atom. The Morgan fingerprint density at radius 3 is 2.64 bits per heavy atom. The highest BCUT2D eigenvalue weighted by Gasteiger charge is 1.97. The van der Waals surface area contributed by atoms with Crippen LogP contribution >= 0.6 is 0 Å². The molecule has 0 saturated heterocycles. The third-order valence-corrected chi connectivity index (χ3v) is 1.81. The number of rotatable bonds is 2. The molecule has 2 nitrogen and oxygen atoms in total. The van der Waals surface area contributed by atoms with Gasteiger partial charge in [0, 0.05) is 0 Å². The van der Waals surface area contributed by atoms with Crippen molar-refractivity contribution >= 4 is 6.08 Å². The van der Waals surface area contributed by atoms with Gasteiger partial charge < -0.3 is 4.85 Å². The molecule has 1 rings (SSSR count). The molecule has 0 aliphatic rings. The molecule has 0 N–H and O–H groups in total. The number of hydrogen-bond donors (Lipinski definition) is 0. The molecule has 0 saturated carbocycles. The molecule has 0 aliphatic heterocycles. The van der Waals surface area contributed by atoms with Gasteiger partial charge in [-0.1, -0.05) is 29.8 Å². The van der Waals surface area contributed by atoms with E-state index in [1.807, 2.05) is 37.3 Å². The van der Waals surface area contributed by atoms with Gasteiger partial charge in [-0.05, 0) is 18.6 Å². The predicted octanol–water partition coefficient (Wildman–Crippen LogP) is 2.82. The molecule has 0 aromatic heterocycles. The Bertz CT molecular complexity index is 413. The molecule has 2 heteroatoms. The van der Waals surface area contributed by atoms with Gasteiger partial charge >= 0.3 is 0 Å². The van der Waals surface area contributed by atoms with Gasteiger partial charge in [0.1, 0.15) is 11.6 Å². The highest BCUT2D eigenvalue weighted by atomic mass is 14.6. The topological polar surface area (TPSA) is 28.1 Å². The Morgan fingerprint density at radius 1 is 1.50 bits per heavy atom. The summed E-state index contributed by atoms with van der Waals surface area (Å²) in [5.74, 6) is 0. The molecule has 1 aromatic carbocycles. The van der Waals surface area contributed by atoms with Crippen molar-refractivity contribution < 1.29 is 0 Å². The zero-order chi connectivity index (χ0) is 10.4. The normalized spacial score (nSPS) is 10.4. The molecule has 0 bridgehead atoms. The minimum Gasteiger partial charge on any atom is -0.311 e. The van der Waals surface area contributed by atoms with Crippen molar-refractivity contribution in [2.45, 2.75) is 6.92 Å². The van der Waals surface area contributed by atoms with Crippen LogP contribution in [0.1, 0.15) is 11.1 Å². The standard InChI is InChI=1S/C12H10N2/c1-10-3-5-11(6-4-10)7-12(8-13)9-14-2/h3-7H,9H2,1H3/b12-7+. The van der Waals surface area contributed by atoms with Crippen LogP contribution < -0.4 is 0 Å². The maximum atomic E-state index is 8.71. The molecule has 0 spiro atoms. The van der Waals surface area contributed by atoms with Gasteiger partial charge in [-0.3, -0.25) is 0 Å². The minimum atomic E-state index is 0.157. The molecule has 0 aliphatic carbocycles. The highest BCUT2D eigenvalue weighted by molar-refractivity contribution is 5.58. The number of benzene rings is 1. The minimum absolute atomic E-state index is 0.157. The monoisotopic (exact) mass is 182 g/mol. The Balaban J connectivity index is 2.92. The maximum absolute atomic E-state index is 8.71. The van der Waals surface area contributed by atoms with Crippen molar-refractivity contribution in [3.05, 3.63) is 52.4 Å². The van der Waals surface area contributed by atoms with E-state index in [2.05, 4.69) is 4.85 Å². The van der Waals surface area contributed by atoms with E-state index in [1.54, 1.807) is 6.08 Å². The third-order valence-electron chi connectivity index (χ3n) is 1.81. The summed E-state index contributed by atoms with van der Waals surface area (Å²) in [6, 6.07) is 9.87. The molecule has 0 radical (unpaired) electrons. The second-order valence-electron chi connectivity index (χ2n) is 3.01. The van der Waals surface area contributed by atoms with Crippen molar-refractivity contribution in [1.29, 1.82) is 5.26 Å². The van der Waals surface area contributed by atoms with Gasteiger partial charge in [0.25, 0.3) is 0 Å². The molecular formula is C12H10N2. The lowest BCUT2D eigenvalue weighted by molar-refractivity contribution is 1.38. The molecule has 0 amide bonds. The van der Waals surface area contributed by atoms with Gasteiger partial charge in [0.2, 0.25) is 6.54 Å².